The molecule has 0 bridgehead atoms. The van der Waals surface area contributed by atoms with Crippen molar-refractivity contribution in [3.8, 4) is 0 Å². The molecule has 0 aliphatic carbocycles. The number of benzene rings is 1. The summed E-state index contributed by atoms with van der Waals surface area (Å²) in [6, 6.07) is 11.2. The van der Waals surface area contributed by atoms with E-state index in [1.54, 1.807) is 0 Å². The average Bonchev–Trinajstić information content (AvgIpc) is 2.03. The lowest BCUT2D eigenvalue weighted by Gasteiger charge is -2.31. The number of rotatable bonds is 2. The van der Waals surface area contributed by atoms with E-state index in [1.807, 2.05) is 0 Å². The highest BCUT2D eigenvalue weighted by Crippen LogP contribution is 2.21. The molecule has 1 aromatic rings. The van der Waals surface area contributed by atoms with E-state index in [9.17, 15) is 0 Å². The van der Waals surface area contributed by atoms with Gasteiger partial charge in [0.2, 0.25) is 0 Å². The topological polar surface area (TPSA) is 0 Å². The summed E-state index contributed by atoms with van der Waals surface area (Å²) in [7, 11) is 6.66. The van der Waals surface area contributed by atoms with Crippen LogP contribution in [0.1, 0.15) is 18.5 Å². The fourth-order valence-electron chi connectivity index (χ4n) is 1.18. The van der Waals surface area contributed by atoms with Crippen molar-refractivity contribution in [2.75, 3.05) is 21.1 Å². The van der Waals surface area contributed by atoms with E-state index in [-0.39, 0.29) is 17.0 Å². The van der Waals surface area contributed by atoms with Crippen LogP contribution in [0, 0.1) is 0 Å². The predicted molar refractivity (Wildman–Crippen MR) is 63.2 cm³/mol. The molecule has 1 rings (SSSR count). The molecule has 0 fully saturated rings. The Kier molecular flexibility index (Phi) is 4.65. The molecule has 74 valence electrons. The number of nitrogens with zero attached hydrogens (tertiary/aromatic N) is 1. The van der Waals surface area contributed by atoms with Crippen molar-refractivity contribution in [3.63, 3.8) is 0 Å². The maximum Gasteiger partial charge on any atom is 0.111 e. The van der Waals surface area contributed by atoms with Crippen LogP contribution in [0.25, 0.3) is 0 Å². The van der Waals surface area contributed by atoms with Crippen LogP contribution in [0.4, 0.5) is 0 Å². The highest BCUT2D eigenvalue weighted by Gasteiger charge is 2.19. The summed E-state index contributed by atoms with van der Waals surface area (Å²) in [5.74, 6) is 0. The molecule has 2 heteroatoms. The summed E-state index contributed by atoms with van der Waals surface area (Å²) in [5, 5.41) is 0. The van der Waals surface area contributed by atoms with Crippen LogP contribution >= 0.6 is 17.0 Å². The van der Waals surface area contributed by atoms with E-state index in [1.165, 1.54) is 5.56 Å². The van der Waals surface area contributed by atoms with Gasteiger partial charge in [-0.25, -0.2) is 0 Å². The van der Waals surface area contributed by atoms with Crippen LogP contribution in [0.2, 0.25) is 0 Å². The van der Waals surface area contributed by atoms with E-state index >= 15 is 0 Å². The molecule has 0 saturated heterocycles. The molecule has 13 heavy (non-hydrogen) atoms. The van der Waals surface area contributed by atoms with E-state index in [4.69, 9.17) is 0 Å². The first kappa shape index (κ1) is 12.7. The van der Waals surface area contributed by atoms with Gasteiger partial charge in [-0.2, -0.15) is 0 Å². The molecule has 0 aliphatic rings. The second-order valence-corrected chi connectivity index (χ2v) is 4.20. The van der Waals surface area contributed by atoms with Gasteiger partial charge in [-0.05, 0) is 6.92 Å². The zero-order chi connectivity index (χ0) is 9.19. The van der Waals surface area contributed by atoms with Crippen molar-refractivity contribution in [1.82, 2.24) is 0 Å². The Hall–Kier alpha value is -0.340. The molecule has 1 unspecified atom stereocenters. The van der Waals surface area contributed by atoms with Crippen LogP contribution in [-0.2, 0) is 0 Å². The van der Waals surface area contributed by atoms with Crippen LogP contribution in [0.3, 0.4) is 0 Å². The molecule has 1 nitrogen and oxygen atoms in total. The second kappa shape index (κ2) is 4.77. The zero-order valence-corrected chi connectivity index (χ0v) is 10.5. The van der Waals surface area contributed by atoms with Crippen LogP contribution in [-0.4, -0.2) is 25.6 Å². The highest BCUT2D eigenvalue weighted by molar-refractivity contribution is 8.93. The highest BCUT2D eigenvalue weighted by atomic mass is 79.9. The summed E-state index contributed by atoms with van der Waals surface area (Å²) >= 11 is 0. The largest absolute Gasteiger partial charge is 0.325 e. The van der Waals surface area contributed by atoms with Crippen molar-refractivity contribution in [2.24, 2.45) is 0 Å². The number of hydrogen-bond donors (Lipinski definition) is 0. The minimum absolute atomic E-state index is 0. The van der Waals surface area contributed by atoms with Gasteiger partial charge in [0.15, 0.2) is 0 Å². The second-order valence-electron chi connectivity index (χ2n) is 4.20. The SMILES string of the molecule is Br.CC(c1ccccc1)[N+](C)(C)C. The Morgan fingerprint density at radius 2 is 1.46 bits per heavy atom. The minimum atomic E-state index is 0. The molecule has 0 saturated carbocycles. The van der Waals surface area contributed by atoms with Crippen LogP contribution in [0.15, 0.2) is 30.3 Å². The first-order chi connectivity index (χ1) is 5.52. The van der Waals surface area contributed by atoms with Gasteiger partial charge < -0.3 is 4.48 Å². The Morgan fingerprint density at radius 3 is 1.85 bits per heavy atom. The smallest absolute Gasteiger partial charge is 0.111 e. The van der Waals surface area contributed by atoms with Gasteiger partial charge in [0.25, 0.3) is 0 Å². The molecule has 0 aliphatic heterocycles. The lowest BCUT2D eigenvalue weighted by molar-refractivity contribution is -0.900. The normalized spacial score (nSPS) is 13.2. The van der Waals surface area contributed by atoms with Crippen molar-refractivity contribution in [1.29, 1.82) is 0 Å². The summed E-state index contributed by atoms with van der Waals surface area (Å²) in [6.07, 6.45) is 0. The third-order valence-electron chi connectivity index (χ3n) is 2.44. The Bertz CT molecular complexity index is 238. The first-order valence-corrected chi connectivity index (χ1v) is 4.38. The van der Waals surface area contributed by atoms with Gasteiger partial charge in [0.1, 0.15) is 6.04 Å². The number of hydrogen-bond acceptors (Lipinski definition) is 0. The molecule has 1 aromatic carbocycles. The quantitative estimate of drug-likeness (QED) is 0.702. The molecular weight excluding hydrogens is 226 g/mol. The van der Waals surface area contributed by atoms with E-state index in [0.29, 0.717) is 6.04 Å². The Balaban J connectivity index is 0.00000144. The number of quaternary nitrogens is 1. The van der Waals surface area contributed by atoms with Crippen molar-refractivity contribution in [2.45, 2.75) is 13.0 Å². The molecule has 0 heterocycles. The molecule has 0 radical (unpaired) electrons. The van der Waals surface area contributed by atoms with Crippen molar-refractivity contribution < 1.29 is 4.48 Å². The minimum Gasteiger partial charge on any atom is -0.325 e. The predicted octanol–water partition coefficient (Wildman–Crippen LogP) is 3.03. The van der Waals surface area contributed by atoms with Gasteiger partial charge in [-0.1, -0.05) is 30.3 Å². The maximum atomic E-state index is 2.26. The van der Waals surface area contributed by atoms with Gasteiger partial charge in [0, 0.05) is 5.56 Å². The fourth-order valence-corrected chi connectivity index (χ4v) is 1.18. The monoisotopic (exact) mass is 244 g/mol. The van der Waals surface area contributed by atoms with E-state index in [0.717, 1.165) is 4.48 Å². The molecule has 0 amide bonds. The first-order valence-electron chi connectivity index (χ1n) is 4.38. The molecule has 1 atom stereocenters. The number of halogens is 1. The van der Waals surface area contributed by atoms with Gasteiger partial charge in [-0.15, -0.1) is 17.0 Å². The zero-order valence-electron chi connectivity index (χ0n) is 8.82. The molecule has 0 aromatic heterocycles. The van der Waals surface area contributed by atoms with Gasteiger partial charge >= 0.3 is 0 Å². The summed E-state index contributed by atoms with van der Waals surface area (Å²) < 4.78 is 0.976. The standard InChI is InChI=1S/C11H18N.BrH/c1-10(12(2,3)4)11-8-6-5-7-9-11;/h5-10H,1-4H3;1H/q+1;. The third-order valence-corrected chi connectivity index (χ3v) is 2.44. The summed E-state index contributed by atoms with van der Waals surface area (Å²) in [5.41, 5.74) is 1.41. The van der Waals surface area contributed by atoms with Crippen molar-refractivity contribution in [3.05, 3.63) is 35.9 Å². The van der Waals surface area contributed by atoms with E-state index < -0.39 is 0 Å². The van der Waals surface area contributed by atoms with Crippen LogP contribution < -0.4 is 0 Å². The van der Waals surface area contributed by atoms with Gasteiger partial charge in [0.05, 0.1) is 21.1 Å². The lowest BCUT2D eigenvalue weighted by Crippen LogP contribution is -2.37. The third kappa shape index (κ3) is 3.49. The summed E-state index contributed by atoms with van der Waals surface area (Å²) in [6.45, 7) is 2.26. The fraction of sp³-hybridized carbons (Fsp3) is 0.455. The molecule has 0 N–H and O–H groups in total. The maximum absolute atomic E-state index is 2.26. The average molecular weight is 245 g/mol. The Labute approximate surface area is 91.7 Å². The van der Waals surface area contributed by atoms with Crippen LogP contribution in [0.5, 0.6) is 0 Å². The van der Waals surface area contributed by atoms with Gasteiger partial charge in [-0.3, -0.25) is 0 Å². The molecule has 0 spiro atoms. The van der Waals surface area contributed by atoms with Crippen molar-refractivity contribution >= 4 is 17.0 Å². The molecular formula is C11H19BrN+. The Morgan fingerprint density at radius 1 is 1.00 bits per heavy atom. The lowest BCUT2D eigenvalue weighted by atomic mass is 10.1. The van der Waals surface area contributed by atoms with E-state index in [2.05, 4.69) is 58.4 Å². The summed E-state index contributed by atoms with van der Waals surface area (Å²) in [4.78, 5) is 0.